The number of aliphatic hydroxyl groups excluding tert-OH is 1. The number of nitrogens with zero attached hydrogens (tertiary/aromatic N) is 2. The van der Waals surface area contributed by atoms with E-state index in [0.717, 1.165) is 22.4 Å². The Bertz CT molecular complexity index is 408. The molecule has 4 heteroatoms. The molecule has 0 aliphatic heterocycles. The number of nitrogens with one attached hydrogen (secondary N) is 1. The maximum absolute atomic E-state index is 8.83. The Morgan fingerprint density at radius 1 is 1.42 bits per heavy atom. The molecule has 2 N–H and O–H groups in total. The highest BCUT2D eigenvalue weighted by atomic mass is 16.3. The summed E-state index contributed by atoms with van der Waals surface area (Å²) in [6.07, 6.45) is 0. The molecule has 0 bridgehead atoms. The van der Waals surface area contributed by atoms with E-state index in [4.69, 9.17) is 5.11 Å². The van der Waals surface area contributed by atoms with E-state index in [-0.39, 0.29) is 6.61 Å². The van der Waals surface area contributed by atoms with Crippen LogP contribution in [0.2, 0.25) is 0 Å². The smallest absolute Gasteiger partial charge is 0.111 e. The molecule has 0 radical (unpaired) electrons. The Morgan fingerprint density at radius 2 is 2.25 bits per heavy atom. The van der Waals surface area contributed by atoms with Crippen LogP contribution in [0.15, 0.2) is 12.1 Å². The van der Waals surface area contributed by atoms with Crippen molar-refractivity contribution in [1.29, 1.82) is 0 Å². The molecular weight excluding hydrogens is 154 g/mol. The van der Waals surface area contributed by atoms with Crippen LogP contribution in [0.5, 0.6) is 0 Å². The molecule has 0 amide bonds. The van der Waals surface area contributed by atoms with E-state index < -0.39 is 0 Å². The van der Waals surface area contributed by atoms with Crippen LogP contribution in [0.3, 0.4) is 0 Å². The van der Waals surface area contributed by atoms with Crippen LogP contribution < -0.4 is 0 Å². The Morgan fingerprint density at radius 3 is 3.00 bits per heavy atom. The van der Waals surface area contributed by atoms with Crippen LogP contribution in [0.1, 0.15) is 11.4 Å². The molecule has 0 unspecified atom stereocenters. The van der Waals surface area contributed by atoms with Crippen molar-refractivity contribution < 1.29 is 5.11 Å². The fraction of sp³-hybridized carbons (Fsp3) is 0.250. The molecule has 12 heavy (non-hydrogen) atoms. The van der Waals surface area contributed by atoms with Crippen molar-refractivity contribution in [2.24, 2.45) is 0 Å². The summed E-state index contributed by atoms with van der Waals surface area (Å²) in [5, 5.41) is 16.7. The van der Waals surface area contributed by atoms with Crippen molar-refractivity contribution >= 4 is 11.0 Å². The monoisotopic (exact) mass is 163 g/mol. The fourth-order valence-electron chi connectivity index (χ4n) is 1.16. The summed E-state index contributed by atoms with van der Waals surface area (Å²) in [6, 6.07) is 3.70. The van der Waals surface area contributed by atoms with E-state index in [2.05, 4.69) is 15.2 Å². The van der Waals surface area contributed by atoms with Crippen LogP contribution in [-0.4, -0.2) is 20.3 Å². The third-order valence-corrected chi connectivity index (χ3v) is 1.72. The van der Waals surface area contributed by atoms with Gasteiger partial charge in [0.05, 0.1) is 17.8 Å². The van der Waals surface area contributed by atoms with E-state index in [0.29, 0.717) is 0 Å². The van der Waals surface area contributed by atoms with Crippen molar-refractivity contribution in [1.82, 2.24) is 15.2 Å². The molecule has 4 nitrogen and oxygen atoms in total. The van der Waals surface area contributed by atoms with Gasteiger partial charge in [-0.2, -0.15) is 5.10 Å². The molecule has 2 heterocycles. The van der Waals surface area contributed by atoms with Crippen molar-refractivity contribution in [3.63, 3.8) is 0 Å². The molecule has 0 spiro atoms. The van der Waals surface area contributed by atoms with E-state index >= 15 is 0 Å². The maximum Gasteiger partial charge on any atom is 0.111 e. The lowest BCUT2D eigenvalue weighted by atomic mass is 10.3. The lowest BCUT2D eigenvalue weighted by Gasteiger charge is -1.88. The largest absolute Gasteiger partial charge is 0.390 e. The average Bonchev–Trinajstić information content (AvgIpc) is 2.46. The normalized spacial score (nSPS) is 10.8. The van der Waals surface area contributed by atoms with E-state index in [9.17, 15) is 0 Å². The first-order chi connectivity index (χ1) is 5.79. The van der Waals surface area contributed by atoms with Gasteiger partial charge < -0.3 is 10.1 Å². The zero-order chi connectivity index (χ0) is 8.55. The average molecular weight is 163 g/mol. The Balaban J connectivity index is 2.67. The summed E-state index contributed by atoms with van der Waals surface area (Å²) in [5.41, 5.74) is 3.36. The number of fused-ring (bicyclic) bond motifs is 1. The third kappa shape index (κ3) is 1.06. The number of aliphatic hydroxyl groups is 1. The van der Waals surface area contributed by atoms with Gasteiger partial charge >= 0.3 is 0 Å². The molecule has 2 aromatic rings. The second kappa shape index (κ2) is 2.57. The quantitative estimate of drug-likeness (QED) is 0.652. The second-order valence-corrected chi connectivity index (χ2v) is 2.74. The third-order valence-electron chi connectivity index (χ3n) is 1.72. The number of aryl methyl sites for hydroxylation is 1. The highest BCUT2D eigenvalue weighted by molar-refractivity contribution is 5.75. The fourth-order valence-corrected chi connectivity index (χ4v) is 1.16. The Kier molecular flexibility index (Phi) is 1.55. The summed E-state index contributed by atoms with van der Waals surface area (Å²) < 4.78 is 0. The molecule has 0 saturated carbocycles. The number of aromatic nitrogens is 3. The number of hydrogen-bond acceptors (Lipinski definition) is 3. The van der Waals surface area contributed by atoms with Gasteiger partial charge in [0.2, 0.25) is 0 Å². The molecule has 62 valence electrons. The van der Waals surface area contributed by atoms with E-state index in [1.165, 1.54) is 0 Å². The Hall–Kier alpha value is -1.42. The number of rotatable bonds is 1. The molecule has 0 aromatic carbocycles. The van der Waals surface area contributed by atoms with Crippen molar-refractivity contribution in [2.75, 3.05) is 0 Å². The predicted octanol–water partition coefficient (Wildman–Crippen LogP) is 0.759. The van der Waals surface area contributed by atoms with Crippen LogP contribution in [-0.2, 0) is 6.61 Å². The topological polar surface area (TPSA) is 61.8 Å². The summed E-state index contributed by atoms with van der Waals surface area (Å²) in [4.78, 5) is 3.03. The maximum atomic E-state index is 8.83. The van der Waals surface area contributed by atoms with Gasteiger partial charge in [0.15, 0.2) is 0 Å². The first kappa shape index (κ1) is 7.24. The van der Waals surface area contributed by atoms with Gasteiger partial charge in [-0.1, -0.05) is 0 Å². The van der Waals surface area contributed by atoms with E-state index in [1.54, 1.807) is 6.07 Å². The highest BCUT2D eigenvalue weighted by Gasteiger charge is 2.00. The molecule has 2 aromatic heterocycles. The first-order valence-electron chi connectivity index (χ1n) is 3.72. The first-order valence-corrected chi connectivity index (χ1v) is 3.72. The van der Waals surface area contributed by atoms with Crippen molar-refractivity contribution in [2.45, 2.75) is 13.5 Å². The van der Waals surface area contributed by atoms with Gasteiger partial charge in [0, 0.05) is 5.69 Å². The lowest BCUT2D eigenvalue weighted by Crippen LogP contribution is -1.84. The minimum atomic E-state index is 0.00933. The van der Waals surface area contributed by atoms with E-state index in [1.807, 2.05) is 13.0 Å². The zero-order valence-electron chi connectivity index (χ0n) is 6.70. The van der Waals surface area contributed by atoms with Gasteiger partial charge in [-0.25, -0.2) is 0 Å². The second-order valence-electron chi connectivity index (χ2n) is 2.74. The molecular formula is C8H9N3O. The van der Waals surface area contributed by atoms with Gasteiger partial charge in [-0.15, -0.1) is 5.10 Å². The summed E-state index contributed by atoms with van der Waals surface area (Å²) in [6.45, 7) is 1.89. The molecule has 2 rings (SSSR count). The van der Waals surface area contributed by atoms with Gasteiger partial charge in [-0.05, 0) is 19.1 Å². The van der Waals surface area contributed by atoms with Crippen LogP contribution in [0, 0.1) is 6.92 Å². The zero-order valence-corrected chi connectivity index (χ0v) is 6.70. The van der Waals surface area contributed by atoms with Gasteiger partial charge in [0.25, 0.3) is 0 Å². The lowest BCUT2D eigenvalue weighted by molar-refractivity contribution is 0.278. The molecule has 0 aliphatic rings. The molecule has 0 atom stereocenters. The summed E-state index contributed by atoms with van der Waals surface area (Å²) in [5.74, 6) is 0. The minimum Gasteiger partial charge on any atom is -0.390 e. The molecule has 0 saturated heterocycles. The molecule has 0 aliphatic carbocycles. The van der Waals surface area contributed by atoms with Crippen molar-refractivity contribution in [3.05, 3.63) is 23.5 Å². The number of hydrogen-bond donors (Lipinski definition) is 2. The van der Waals surface area contributed by atoms with Crippen LogP contribution in [0.25, 0.3) is 11.0 Å². The highest BCUT2D eigenvalue weighted by Crippen LogP contribution is 2.11. The number of H-pyrrole nitrogens is 1. The predicted molar refractivity (Wildman–Crippen MR) is 44.5 cm³/mol. The summed E-state index contributed by atoms with van der Waals surface area (Å²) in [7, 11) is 0. The Labute approximate surface area is 69.3 Å². The van der Waals surface area contributed by atoms with Gasteiger partial charge in [0.1, 0.15) is 5.52 Å². The SMILES string of the molecule is Cc1cc2[nH]c(CO)cc2nn1. The van der Waals surface area contributed by atoms with Crippen molar-refractivity contribution in [3.8, 4) is 0 Å². The summed E-state index contributed by atoms with van der Waals surface area (Å²) >= 11 is 0. The number of aromatic amines is 1. The standard InChI is InChI=1S/C8H9N3O/c1-5-2-7-8(11-10-5)3-6(4-12)9-7/h2-3,9,12H,4H2,1H3. The van der Waals surface area contributed by atoms with Crippen LogP contribution in [0.4, 0.5) is 0 Å². The minimum absolute atomic E-state index is 0.00933. The molecule has 0 fully saturated rings. The van der Waals surface area contributed by atoms with Gasteiger partial charge in [-0.3, -0.25) is 0 Å². The van der Waals surface area contributed by atoms with Crippen LogP contribution >= 0.6 is 0 Å².